The molecule has 8 heteroatoms. The average molecular weight is 416 g/mol. The standard InChI is InChI=1S/C22H33N5O3/c1-14(2)26-19-6-4-5-7-20(19)27(22(26)30)21(29)24-15-10-16-8-9-17(11-15)25(16)13-18(28)12-23-3/h4-7,14-18,23,28H,8-13H2,1-3H3,(H,24,29)/t15-,16-,17+,18?. The minimum absolute atomic E-state index is 0.0282. The predicted molar refractivity (Wildman–Crippen MR) is 117 cm³/mol. The number of nitrogens with zero attached hydrogens (tertiary/aromatic N) is 3. The Bertz CT molecular complexity index is 951. The molecular formula is C22H33N5O3. The number of rotatable bonds is 6. The minimum atomic E-state index is -0.384. The number of hydrogen-bond acceptors (Lipinski definition) is 5. The summed E-state index contributed by atoms with van der Waals surface area (Å²) in [7, 11) is 1.85. The van der Waals surface area contributed by atoms with Crippen molar-refractivity contribution in [1.29, 1.82) is 0 Å². The van der Waals surface area contributed by atoms with Crippen LogP contribution >= 0.6 is 0 Å². The molecule has 2 fully saturated rings. The van der Waals surface area contributed by atoms with Crippen molar-refractivity contribution in [2.24, 2.45) is 0 Å². The van der Waals surface area contributed by atoms with Crippen molar-refractivity contribution < 1.29 is 9.90 Å². The van der Waals surface area contributed by atoms with Gasteiger partial charge in [0.05, 0.1) is 17.1 Å². The lowest BCUT2D eigenvalue weighted by atomic mass is 9.97. The smallest absolute Gasteiger partial charge is 0.337 e. The molecule has 0 aliphatic carbocycles. The van der Waals surface area contributed by atoms with Gasteiger partial charge in [0.15, 0.2) is 0 Å². The number of imidazole rings is 1. The van der Waals surface area contributed by atoms with E-state index in [2.05, 4.69) is 15.5 Å². The summed E-state index contributed by atoms with van der Waals surface area (Å²) in [4.78, 5) is 28.6. The highest BCUT2D eigenvalue weighted by atomic mass is 16.3. The number of nitrogens with one attached hydrogen (secondary N) is 2. The number of carbonyl (C=O) groups is 1. The largest absolute Gasteiger partial charge is 0.390 e. The number of aliphatic hydroxyl groups is 1. The van der Waals surface area contributed by atoms with E-state index >= 15 is 0 Å². The molecule has 2 saturated heterocycles. The Labute approximate surface area is 176 Å². The summed E-state index contributed by atoms with van der Waals surface area (Å²) in [5.74, 6) is 0. The molecule has 2 aliphatic rings. The molecule has 1 amide bonds. The number of benzene rings is 1. The second-order valence-electron chi connectivity index (χ2n) is 8.98. The molecule has 164 valence electrons. The van der Waals surface area contributed by atoms with Crippen LogP contribution in [0.2, 0.25) is 0 Å². The molecule has 2 bridgehead atoms. The molecule has 0 saturated carbocycles. The number of carbonyl (C=O) groups excluding carboxylic acids is 1. The van der Waals surface area contributed by atoms with Crippen molar-refractivity contribution in [1.82, 2.24) is 24.7 Å². The molecule has 4 atom stereocenters. The lowest BCUT2D eigenvalue weighted by Crippen LogP contribution is -2.54. The molecule has 2 aliphatic heterocycles. The van der Waals surface area contributed by atoms with E-state index < -0.39 is 0 Å². The molecule has 1 aromatic heterocycles. The van der Waals surface area contributed by atoms with Gasteiger partial charge in [0.2, 0.25) is 0 Å². The fourth-order valence-corrected chi connectivity index (χ4v) is 5.34. The van der Waals surface area contributed by atoms with E-state index in [9.17, 15) is 14.7 Å². The first-order valence-electron chi connectivity index (χ1n) is 11.0. The zero-order valence-electron chi connectivity index (χ0n) is 18.0. The summed E-state index contributed by atoms with van der Waals surface area (Å²) in [6.07, 6.45) is 3.51. The number of para-hydroxylation sites is 2. The van der Waals surface area contributed by atoms with Gasteiger partial charge in [0.1, 0.15) is 0 Å². The van der Waals surface area contributed by atoms with Gasteiger partial charge in [-0.3, -0.25) is 9.47 Å². The first kappa shape index (κ1) is 21.1. The van der Waals surface area contributed by atoms with Crippen molar-refractivity contribution in [3.05, 3.63) is 34.7 Å². The number of aromatic nitrogens is 2. The third kappa shape index (κ3) is 3.79. The van der Waals surface area contributed by atoms with Crippen LogP contribution in [0.25, 0.3) is 11.0 Å². The molecule has 3 heterocycles. The maximum absolute atomic E-state index is 13.1. The predicted octanol–water partition coefficient (Wildman–Crippen LogP) is 1.52. The fraction of sp³-hybridized carbons (Fsp3) is 0.636. The van der Waals surface area contributed by atoms with Gasteiger partial charge < -0.3 is 15.7 Å². The lowest BCUT2D eigenvalue weighted by molar-refractivity contribution is 0.0543. The topological polar surface area (TPSA) is 91.5 Å². The highest BCUT2D eigenvalue weighted by Crippen LogP contribution is 2.35. The second kappa shape index (κ2) is 8.53. The Kier molecular flexibility index (Phi) is 5.99. The van der Waals surface area contributed by atoms with Crippen LogP contribution in [0.1, 0.15) is 45.6 Å². The summed E-state index contributed by atoms with van der Waals surface area (Å²) in [6.45, 7) is 5.15. The quantitative estimate of drug-likeness (QED) is 0.665. The number of hydrogen-bond donors (Lipinski definition) is 3. The van der Waals surface area contributed by atoms with Crippen LogP contribution < -0.4 is 16.3 Å². The molecule has 1 aromatic carbocycles. The fourth-order valence-electron chi connectivity index (χ4n) is 5.34. The summed E-state index contributed by atoms with van der Waals surface area (Å²) in [6, 6.07) is 7.86. The molecule has 2 aromatic rings. The molecule has 0 spiro atoms. The van der Waals surface area contributed by atoms with Crippen LogP contribution in [-0.2, 0) is 0 Å². The maximum atomic E-state index is 13.1. The average Bonchev–Trinajstić information content (AvgIpc) is 3.10. The van der Waals surface area contributed by atoms with Crippen LogP contribution in [0.15, 0.2) is 29.1 Å². The maximum Gasteiger partial charge on any atom is 0.337 e. The lowest BCUT2D eigenvalue weighted by Gasteiger charge is -2.40. The van der Waals surface area contributed by atoms with Crippen molar-refractivity contribution in [3.63, 3.8) is 0 Å². The first-order valence-corrected chi connectivity index (χ1v) is 11.0. The van der Waals surface area contributed by atoms with Crippen LogP contribution in [-0.4, -0.2) is 69.5 Å². The SMILES string of the molecule is CNCC(O)CN1[C@@H]2CC[C@H]1C[C@H](NC(=O)n1c(=O)n(C(C)C)c3ccccc31)C2. The third-order valence-corrected chi connectivity index (χ3v) is 6.57. The minimum Gasteiger partial charge on any atom is -0.390 e. The number of likely N-dealkylation sites (N-methyl/N-ethyl adjacent to an activating group) is 1. The molecule has 30 heavy (non-hydrogen) atoms. The summed E-state index contributed by atoms with van der Waals surface area (Å²) >= 11 is 0. The van der Waals surface area contributed by atoms with Gasteiger partial charge in [0, 0.05) is 37.3 Å². The zero-order chi connectivity index (χ0) is 21.4. The van der Waals surface area contributed by atoms with E-state index in [0.717, 1.165) is 31.2 Å². The van der Waals surface area contributed by atoms with Gasteiger partial charge in [-0.05, 0) is 58.7 Å². The van der Waals surface area contributed by atoms with Crippen molar-refractivity contribution in [2.75, 3.05) is 20.1 Å². The van der Waals surface area contributed by atoms with Gasteiger partial charge >= 0.3 is 11.7 Å². The van der Waals surface area contributed by atoms with Crippen molar-refractivity contribution >= 4 is 17.1 Å². The third-order valence-electron chi connectivity index (χ3n) is 6.57. The van der Waals surface area contributed by atoms with Crippen molar-refractivity contribution in [3.8, 4) is 0 Å². The van der Waals surface area contributed by atoms with Gasteiger partial charge in [-0.1, -0.05) is 12.1 Å². The van der Waals surface area contributed by atoms with E-state index in [1.165, 1.54) is 4.57 Å². The summed E-state index contributed by atoms with van der Waals surface area (Å²) in [5.41, 5.74) is 1.13. The first-order chi connectivity index (χ1) is 14.4. The van der Waals surface area contributed by atoms with E-state index in [0.29, 0.717) is 30.7 Å². The highest BCUT2D eigenvalue weighted by molar-refractivity contribution is 5.89. The van der Waals surface area contributed by atoms with E-state index in [1.54, 1.807) is 4.57 Å². The van der Waals surface area contributed by atoms with Gasteiger partial charge in [0.25, 0.3) is 0 Å². The Balaban J connectivity index is 1.50. The summed E-state index contributed by atoms with van der Waals surface area (Å²) in [5, 5.41) is 16.3. The molecule has 3 N–H and O–H groups in total. The Morgan fingerprint density at radius 1 is 1.17 bits per heavy atom. The zero-order valence-corrected chi connectivity index (χ0v) is 18.0. The molecule has 4 rings (SSSR count). The van der Waals surface area contributed by atoms with Crippen LogP contribution in [0.4, 0.5) is 4.79 Å². The van der Waals surface area contributed by atoms with Gasteiger partial charge in [-0.25, -0.2) is 14.2 Å². The van der Waals surface area contributed by atoms with E-state index in [4.69, 9.17) is 0 Å². The monoisotopic (exact) mass is 415 g/mol. The second-order valence-corrected chi connectivity index (χ2v) is 8.98. The van der Waals surface area contributed by atoms with Crippen LogP contribution in [0.3, 0.4) is 0 Å². The Morgan fingerprint density at radius 2 is 1.80 bits per heavy atom. The number of fused-ring (bicyclic) bond motifs is 3. The number of amides is 1. The number of piperidine rings is 1. The van der Waals surface area contributed by atoms with Crippen LogP contribution in [0, 0.1) is 0 Å². The molecule has 1 unspecified atom stereocenters. The van der Waals surface area contributed by atoms with E-state index in [1.807, 2.05) is 45.2 Å². The number of aliphatic hydroxyl groups excluding tert-OH is 1. The van der Waals surface area contributed by atoms with Gasteiger partial charge in [-0.2, -0.15) is 0 Å². The molecule has 0 radical (unpaired) electrons. The van der Waals surface area contributed by atoms with Crippen LogP contribution in [0.5, 0.6) is 0 Å². The molecule has 8 nitrogen and oxygen atoms in total. The normalized spacial score (nSPS) is 25.2. The Morgan fingerprint density at radius 3 is 2.40 bits per heavy atom. The van der Waals surface area contributed by atoms with E-state index in [-0.39, 0.29) is 29.9 Å². The highest BCUT2D eigenvalue weighted by Gasteiger charge is 2.41. The van der Waals surface area contributed by atoms with Gasteiger partial charge in [-0.15, -0.1) is 0 Å². The Hall–Kier alpha value is -2.16. The van der Waals surface area contributed by atoms with Crippen molar-refractivity contribution in [2.45, 2.75) is 69.8 Å². The molecular weight excluding hydrogens is 382 g/mol. The summed E-state index contributed by atoms with van der Waals surface area (Å²) < 4.78 is 2.95.